The van der Waals surface area contributed by atoms with Crippen LogP contribution in [-0.4, -0.2) is 34.4 Å². The first-order valence-electron chi connectivity index (χ1n) is 5.00. The molecular weight excluding hydrogens is 194 g/mol. The average molecular weight is 213 g/mol. The van der Waals surface area contributed by atoms with E-state index in [9.17, 15) is 10.0 Å². The summed E-state index contributed by atoms with van der Waals surface area (Å²) in [6.07, 6.45) is 2.24. The van der Waals surface area contributed by atoms with Crippen LogP contribution in [0.15, 0.2) is 11.6 Å². The highest BCUT2D eigenvalue weighted by Gasteiger charge is 2.42. The number of rotatable bonds is 1. The van der Waals surface area contributed by atoms with Gasteiger partial charge in [0.1, 0.15) is 0 Å². The number of hydroxylamine groups is 2. The van der Waals surface area contributed by atoms with Gasteiger partial charge in [-0.2, -0.15) is 5.06 Å². The third-order valence-corrected chi connectivity index (χ3v) is 2.72. The number of esters is 1. The van der Waals surface area contributed by atoms with Gasteiger partial charge < -0.3 is 9.94 Å². The van der Waals surface area contributed by atoms with Gasteiger partial charge in [-0.3, -0.25) is 0 Å². The lowest BCUT2D eigenvalue weighted by molar-refractivity contribution is -0.214. The molecule has 1 aliphatic rings. The molecule has 4 heteroatoms. The molecule has 0 saturated heterocycles. The lowest BCUT2D eigenvalue weighted by atomic mass is 9.83. The third-order valence-electron chi connectivity index (χ3n) is 2.72. The van der Waals surface area contributed by atoms with Crippen LogP contribution in [-0.2, 0) is 9.53 Å². The quantitative estimate of drug-likeness (QED) is 0.674. The SMILES string of the molecule is COC(=O)C1=CC(C)(C)N(O)C(C)(C)C1. The Morgan fingerprint density at radius 2 is 2.00 bits per heavy atom. The van der Waals surface area contributed by atoms with Gasteiger partial charge in [0.2, 0.25) is 0 Å². The summed E-state index contributed by atoms with van der Waals surface area (Å²) in [6, 6.07) is 0. The molecule has 0 aromatic carbocycles. The van der Waals surface area contributed by atoms with Gasteiger partial charge in [0, 0.05) is 11.1 Å². The van der Waals surface area contributed by atoms with E-state index in [1.165, 1.54) is 12.2 Å². The highest BCUT2D eigenvalue weighted by atomic mass is 16.5. The third kappa shape index (κ3) is 2.21. The lowest BCUT2D eigenvalue weighted by Crippen LogP contribution is -2.56. The monoisotopic (exact) mass is 213 g/mol. The smallest absolute Gasteiger partial charge is 0.333 e. The molecule has 0 aromatic heterocycles. The van der Waals surface area contributed by atoms with Crippen LogP contribution in [0.1, 0.15) is 34.1 Å². The second-order valence-electron chi connectivity index (χ2n) is 5.12. The summed E-state index contributed by atoms with van der Waals surface area (Å²) < 4.78 is 4.70. The van der Waals surface area contributed by atoms with Gasteiger partial charge in [-0.15, -0.1) is 0 Å². The highest BCUT2D eigenvalue weighted by Crippen LogP contribution is 2.35. The average Bonchev–Trinajstić information content (AvgIpc) is 2.11. The van der Waals surface area contributed by atoms with Crippen LogP contribution >= 0.6 is 0 Å². The first-order valence-corrected chi connectivity index (χ1v) is 5.00. The summed E-state index contributed by atoms with van der Waals surface area (Å²) in [7, 11) is 1.37. The number of ether oxygens (including phenoxy) is 1. The first kappa shape index (κ1) is 12.2. The normalized spacial score (nSPS) is 24.5. The molecule has 0 amide bonds. The summed E-state index contributed by atoms with van der Waals surface area (Å²) in [6.45, 7) is 7.50. The molecule has 0 saturated carbocycles. The fourth-order valence-corrected chi connectivity index (χ4v) is 2.12. The van der Waals surface area contributed by atoms with Gasteiger partial charge in [0.25, 0.3) is 0 Å². The molecule has 0 aliphatic carbocycles. The minimum Gasteiger partial charge on any atom is -0.466 e. The van der Waals surface area contributed by atoms with E-state index in [0.717, 1.165) is 0 Å². The minimum absolute atomic E-state index is 0.316. The Balaban J connectivity index is 3.09. The van der Waals surface area contributed by atoms with Crippen molar-refractivity contribution in [2.24, 2.45) is 0 Å². The number of carbonyl (C=O) groups excluding carboxylic acids is 1. The Morgan fingerprint density at radius 3 is 2.40 bits per heavy atom. The highest BCUT2D eigenvalue weighted by molar-refractivity contribution is 5.89. The standard InChI is InChI=1S/C11H19NO3/c1-10(2)6-8(9(13)15-5)7-11(3,4)12(10)14/h6,14H,7H2,1-5H3. The van der Waals surface area contributed by atoms with E-state index in [1.54, 1.807) is 6.08 Å². The Kier molecular flexibility index (Phi) is 2.94. The second-order valence-corrected chi connectivity index (χ2v) is 5.12. The van der Waals surface area contributed by atoms with Crippen LogP contribution in [0.25, 0.3) is 0 Å². The molecule has 1 N–H and O–H groups in total. The number of methoxy groups -OCH3 is 1. The van der Waals surface area contributed by atoms with Crippen molar-refractivity contribution in [3.8, 4) is 0 Å². The van der Waals surface area contributed by atoms with E-state index in [2.05, 4.69) is 0 Å². The molecule has 0 unspecified atom stereocenters. The van der Waals surface area contributed by atoms with Crippen LogP contribution < -0.4 is 0 Å². The van der Waals surface area contributed by atoms with Crippen molar-refractivity contribution in [2.75, 3.05) is 7.11 Å². The zero-order valence-electron chi connectivity index (χ0n) is 10.00. The van der Waals surface area contributed by atoms with E-state index < -0.39 is 11.1 Å². The maximum Gasteiger partial charge on any atom is 0.333 e. The number of carbonyl (C=O) groups is 1. The summed E-state index contributed by atoms with van der Waals surface area (Å²) in [5.74, 6) is -0.316. The molecule has 4 nitrogen and oxygen atoms in total. The Bertz CT molecular complexity index is 305. The predicted molar refractivity (Wildman–Crippen MR) is 56.5 cm³/mol. The molecular formula is C11H19NO3. The molecule has 0 spiro atoms. The van der Waals surface area contributed by atoms with Crippen LogP contribution in [0.2, 0.25) is 0 Å². The van der Waals surface area contributed by atoms with Gasteiger partial charge >= 0.3 is 5.97 Å². The van der Waals surface area contributed by atoms with Crippen LogP contribution in [0.3, 0.4) is 0 Å². The number of nitrogens with zero attached hydrogens (tertiary/aromatic N) is 1. The molecule has 1 rings (SSSR count). The zero-order valence-corrected chi connectivity index (χ0v) is 10.00. The lowest BCUT2D eigenvalue weighted by Gasteiger charge is -2.46. The summed E-state index contributed by atoms with van der Waals surface area (Å²) in [4.78, 5) is 11.5. The van der Waals surface area contributed by atoms with Crippen molar-refractivity contribution in [3.63, 3.8) is 0 Å². The van der Waals surface area contributed by atoms with Gasteiger partial charge in [0.15, 0.2) is 0 Å². The summed E-state index contributed by atoms with van der Waals surface area (Å²) >= 11 is 0. The van der Waals surface area contributed by atoms with E-state index in [0.29, 0.717) is 12.0 Å². The predicted octanol–water partition coefficient (Wildman–Crippen LogP) is 1.74. The summed E-state index contributed by atoms with van der Waals surface area (Å²) in [5.41, 5.74) is -0.384. The van der Waals surface area contributed by atoms with Crippen LogP contribution in [0.4, 0.5) is 0 Å². The fraction of sp³-hybridized carbons (Fsp3) is 0.727. The Hall–Kier alpha value is -0.870. The van der Waals surface area contributed by atoms with Gasteiger partial charge in [-0.25, -0.2) is 4.79 Å². The maximum absolute atomic E-state index is 11.5. The van der Waals surface area contributed by atoms with Crippen LogP contribution in [0, 0.1) is 0 Å². The molecule has 0 aromatic rings. The van der Waals surface area contributed by atoms with E-state index in [-0.39, 0.29) is 5.97 Å². The number of hydrogen-bond acceptors (Lipinski definition) is 4. The molecule has 1 aliphatic heterocycles. The fourth-order valence-electron chi connectivity index (χ4n) is 2.12. The molecule has 0 atom stereocenters. The largest absolute Gasteiger partial charge is 0.466 e. The molecule has 0 radical (unpaired) electrons. The van der Waals surface area contributed by atoms with Crippen LogP contribution in [0.5, 0.6) is 0 Å². The molecule has 1 heterocycles. The van der Waals surface area contributed by atoms with E-state index in [4.69, 9.17) is 4.74 Å². The molecule has 15 heavy (non-hydrogen) atoms. The van der Waals surface area contributed by atoms with E-state index in [1.807, 2.05) is 27.7 Å². The molecule has 0 bridgehead atoms. The molecule has 86 valence electrons. The Morgan fingerprint density at radius 1 is 1.47 bits per heavy atom. The van der Waals surface area contributed by atoms with Crippen molar-refractivity contribution in [1.82, 2.24) is 5.06 Å². The van der Waals surface area contributed by atoms with Crippen molar-refractivity contribution < 1.29 is 14.7 Å². The second kappa shape index (κ2) is 3.61. The Labute approximate surface area is 90.5 Å². The topological polar surface area (TPSA) is 49.8 Å². The maximum atomic E-state index is 11.5. The van der Waals surface area contributed by atoms with Gasteiger partial charge in [0.05, 0.1) is 12.6 Å². The summed E-state index contributed by atoms with van der Waals surface area (Å²) in [5, 5.41) is 11.3. The van der Waals surface area contributed by atoms with Gasteiger partial charge in [-0.1, -0.05) is 6.08 Å². The molecule has 0 fully saturated rings. The van der Waals surface area contributed by atoms with Crippen molar-refractivity contribution >= 4 is 5.97 Å². The zero-order chi connectivity index (χ0) is 11.9. The van der Waals surface area contributed by atoms with Crippen molar-refractivity contribution in [1.29, 1.82) is 0 Å². The van der Waals surface area contributed by atoms with Gasteiger partial charge in [-0.05, 0) is 34.1 Å². The minimum atomic E-state index is -0.550. The van der Waals surface area contributed by atoms with E-state index >= 15 is 0 Å². The van der Waals surface area contributed by atoms with Crippen molar-refractivity contribution in [2.45, 2.75) is 45.2 Å². The first-order chi connectivity index (χ1) is 6.70. The van der Waals surface area contributed by atoms with Crippen molar-refractivity contribution in [3.05, 3.63) is 11.6 Å². The number of hydrogen-bond donors (Lipinski definition) is 1.